The number of fused-ring (bicyclic) bond motifs is 1. The lowest BCUT2D eigenvalue weighted by Crippen LogP contribution is -2.42. The number of carbonyl (C=O) groups is 1. The van der Waals surface area contributed by atoms with Crippen molar-refractivity contribution < 1.29 is 13.2 Å². The van der Waals surface area contributed by atoms with Crippen molar-refractivity contribution in [3.63, 3.8) is 0 Å². The van der Waals surface area contributed by atoms with Gasteiger partial charge in [-0.1, -0.05) is 13.8 Å². The third kappa shape index (κ3) is 3.00. The van der Waals surface area contributed by atoms with Gasteiger partial charge in [0.2, 0.25) is 5.91 Å². The Hall–Kier alpha value is -0.880. The molecular weight excluding hydrogens is 282 g/mol. The van der Waals surface area contributed by atoms with E-state index in [0.717, 1.165) is 12.8 Å². The van der Waals surface area contributed by atoms with Gasteiger partial charge in [0.25, 0.3) is 0 Å². The number of carbonyl (C=O) groups excluding carboxylic acids is 1. The van der Waals surface area contributed by atoms with Gasteiger partial charge in [0.05, 0.1) is 6.04 Å². The molecule has 0 saturated carbocycles. The van der Waals surface area contributed by atoms with Crippen molar-refractivity contribution in [3.8, 4) is 0 Å². The Morgan fingerprint density at radius 3 is 2.84 bits per heavy atom. The molecule has 2 rings (SSSR count). The minimum atomic E-state index is -3.25. The molecule has 0 spiro atoms. The van der Waals surface area contributed by atoms with Gasteiger partial charge in [0.15, 0.2) is 9.84 Å². The van der Waals surface area contributed by atoms with Gasteiger partial charge in [-0.15, -0.1) is 11.3 Å². The monoisotopic (exact) mass is 301 g/mol. The molecule has 0 N–H and O–H groups in total. The van der Waals surface area contributed by atoms with Crippen LogP contribution in [0.5, 0.6) is 0 Å². The van der Waals surface area contributed by atoms with Crippen LogP contribution in [0.25, 0.3) is 0 Å². The van der Waals surface area contributed by atoms with Crippen LogP contribution in [-0.4, -0.2) is 37.3 Å². The Morgan fingerprint density at radius 2 is 2.21 bits per heavy atom. The zero-order chi connectivity index (χ0) is 14.0. The molecule has 1 atom stereocenters. The lowest BCUT2D eigenvalue weighted by Gasteiger charge is -2.35. The standard InChI is InChI=1S/C13H19NO3S2/c1-3-11-10-6-8-18-12(10)5-7-14(11)13(15)9-19(16,17)4-2/h6,8,11H,3-5,7,9H2,1-2H3. The van der Waals surface area contributed by atoms with Crippen LogP contribution >= 0.6 is 11.3 Å². The highest BCUT2D eigenvalue weighted by atomic mass is 32.2. The molecule has 0 aliphatic carbocycles. The normalized spacial score (nSPS) is 19.3. The van der Waals surface area contributed by atoms with Gasteiger partial charge >= 0.3 is 0 Å². The lowest BCUT2D eigenvalue weighted by molar-refractivity contribution is -0.131. The van der Waals surface area contributed by atoms with Crippen LogP contribution < -0.4 is 0 Å². The smallest absolute Gasteiger partial charge is 0.238 e. The van der Waals surface area contributed by atoms with Gasteiger partial charge < -0.3 is 4.90 Å². The van der Waals surface area contributed by atoms with Crippen LogP contribution in [0.4, 0.5) is 0 Å². The zero-order valence-electron chi connectivity index (χ0n) is 11.3. The van der Waals surface area contributed by atoms with Crippen LogP contribution in [0, 0.1) is 0 Å². The molecule has 1 aromatic rings. The van der Waals surface area contributed by atoms with E-state index in [9.17, 15) is 13.2 Å². The molecule has 106 valence electrons. The minimum absolute atomic E-state index is 0.0209. The molecule has 0 saturated heterocycles. The summed E-state index contributed by atoms with van der Waals surface area (Å²) in [5, 5.41) is 2.05. The SMILES string of the molecule is CCC1c2ccsc2CCN1C(=O)CS(=O)(=O)CC. The minimum Gasteiger partial charge on any atom is -0.334 e. The first-order chi connectivity index (χ1) is 8.98. The molecule has 4 nitrogen and oxygen atoms in total. The molecule has 0 bridgehead atoms. The average Bonchev–Trinajstić information content (AvgIpc) is 2.85. The Morgan fingerprint density at radius 1 is 1.47 bits per heavy atom. The molecule has 0 fully saturated rings. The molecule has 19 heavy (non-hydrogen) atoms. The van der Waals surface area contributed by atoms with Crippen molar-refractivity contribution >= 4 is 27.1 Å². The van der Waals surface area contributed by atoms with Crippen molar-refractivity contribution in [2.24, 2.45) is 0 Å². The van der Waals surface area contributed by atoms with Crippen LogP contribution in [0.2, 0.25) is 0 Å². The van der Waals surface area contributed by atoms with Crippen molar-refractivity contribution in [2.45, 2.75) is 32.7 Å². The van der Waals surface area contributed by atoms with Gasteiger partial charge in [-0.05, 0) is 29.9 Å². The number of nitrogens with zero attached hydrogens (tertiary/aromatic N) is 1. The summed E-state index contributed by atoms with van der Waals surface area (Å²) in [6.07, 6.45) is 1.66. The van der Waals surface area contributed by atoms with Gasteiger partial charge in [0.1, 0.15) is 5.75 Å². The van der Waals surface area contributed by atoms with Crippen LogP contribution in [0.3, 0.4) is 0 Å². The maximum atomic E-state index is 12.2. The highest BCUT2D eigenvalue weighted by Crippen LogP contribution is 2.35. The summed E-state index contributed by atoms with van der Waals surface area (Å²) in [6, 6.07) is 2.09. The molecule has 1 aromatic heterocycles. The van der Waals surface area contributed by atoms with E-state index in [-0.39, 0.29) is 23.5 Å². The van der Waals surface area contributed by atoms with Crippen molar-refractivity contribution in [3.05, 3.63) is 21.9 Å². The molecule has 0 radical (unpaired) electrons. The second kappa shape index (κ2) is 5.63. The number of hydrogen-bond donors (Lipinski definition) is 0. The van der Waals surface area contributed by atoms with E-state index in [1.807, 2.05) is 12.3 Å². The number of thiophene rings is 1. The second-order valence-electron chi connectivity index (χ2n) is 4.74. The number of amides is 1. The number of hydrogen-bond acceptors (Lipinski definition) is 4. The largest absolute Gasteiger partial charge is 0.334 e. The first-order valence-electron chi connectivity index (χ1n) is 6.54. The van der Waals surface area contributed by atoms with E-state index in [1.54, 1.807) is 23.2 Å². The molecule has 1 amide bonds. The van der Waals surface area contributed by atoms with E-state index < -0.39 is 9.84 Å². The highest BCUT2D eigenvalue weighted by Gasteiger charge is 2.31. The van der Waals surface area contributed by atoms with E-state index in [1.165, 1.54) is 10.4 Å². The van der Waals surface area contributed by atoms with Crippen LogP contribution in [-0.2, 0) is 21.1 Å². The van der Waals surface area contributed by atoms with E-state index in [0.29, 0.717) is 6.54 Å². The fourth-order valence-corrected chi connectivity index (χ4v) is 4.18. The molecule has 1 aliphatic heterocycles. The summed E-state index contributed by atoms with van der Waals surface area (Å²) in [6.45, 7) is 4.24. The molecular formula is C13H19NO3S2. The summed E-state index contributed by atoms with van der Waals surface area (Å²) in [5.41, 5.74) is 1.20. The summed E-state index contributed by atoms with van der Waals surface area (Å²) in [4.78, 5) is 15.3. The van der Waals surface area contributed by atoms with Crippen LogP contribution in [0.1, 0.15) is 36.8 Å². The topological polar surface area (TPSA) is 54.5 Å². The molecule has 2 heterocycles. The third-order valence-electron chi connectivity index (χ3n) is 3.59. The fraction of sp³-hybridized carbons (Fsp3) is 0.615. The Kier molecular flexibility index (Phi) is 4.30. The summed E-state index contributed by atoms with van der Waals surface area (Å²) in [5.74, 6) is -0.599. The quantitative estimate of drug-likeness (QED) is 0.855. The maximum Gasteiger partial charge on any atom is 0.238 e. The zero-order valence-corrected chi connectivity index (χ0v) is 12.9. The third-order valence-corrected chi connectivity index (χ3v) is 6.15. The predicted octanol–water partition coefficient (Wildman–Crippen LogP) is 2.02. The summed E-state index contributed by atoms with van der Waals surface area (Å²) < 4.78 is 23.2. The van der Waals surface area contributed by atoms with Gasteiger partial charge in [-0.2, -0.15) is 0 Å². The van der Waals surface area contributed by atoms with Gasteiger partial charge in [0, 0.05) is 17.2 Å². The highest BCUT2D eigenvalue weighted by molar-refractivity contribution is 7.92. The number of rotatable bonds is 4. The lowest BCUT2D eigenvalue weighted by atomic mass is 9.98. The van der Waals surface area contributed by atoms with Crippen molar-refractivity contribution in [1.82, 2.24) is 4.90 Å². The Bertz CT molecular complexity index is 562. The van der Waals surface area contributed by atoms with Crippen LogP contribution in [0.15, 0.2) is 11.4 Å². The van der Waals surface area contributed by atoms with Crippen molar-refractivity contribution in [1.29, 1.82) is 0 Å². The van der Waals surface area contributed by atoms with E-state index in [2.05, 4.69) is 6.07 Å². The van der Waals surface area contributed by atoms with Gasteiger partial charge in [-0.25, -0.2) is 8.42 Å². The van der Waals surface area contributed by atoms with Gasteiger partial charge in [-0.3, -0.25) is 4.79 Å². The van der Waals surface area contributed by atoms with E-state index >= 15 is 0 Å². The predicted molar refractivity (Wildman–Crippen MR) is 77.1 cm³/mol. The summed E-state index contributed by atoms with van der Waals surface area (Å²) >= 11 is 1.72. The fourth-order valence-electron chi connectivity index (χ4n) is 2.51. The Balaban J connectivity index is 2.20. The maximum absolute atomic E-state index is 12.2. The number of sulfone groups is 1. The first-order valence-corrected chi connectivity index (χ1v) is 9.24. The Labute approximate surface area is 118 Å². The molecule has 0 aromatic carbocycles. The second-order valence-corrected chi connectivity index (χ2v) is 8.09. The van der Waals surface area contributed by atoms with Crippen molar-refractivity contribution in [2.75, 3.05) is 18.1 Å². The summed E-state index contributed by atoms with van der Waals surface area (Å²) in [7, 11) is -3.25. The molecule has 1 unspecified atom stereocenters. The average molecular weight is 301 g/mol. The molecule has 1 aliphatic rings. The van der Waals surface area contributed by atoms with E-state index in [4.69, 9.17) is 0 Å². The molecule has 6 heteroatoms. The first kappa shape index (κ1) is 14.5.